The van der Waals surface area contributed by atoms with E-state index in [1.165, 1.54) is 49.7 Å². The zero-order valence-corrected chi connectivity index (χ0v) is 31.7. The lowest BCUT2D eigenvalue weighted by Gasteiger charge is -2.41. The molecule has 0 bridgehead atoms. The molecular formula is C39H48N6O7S. The number of nitrogens with one attached hydrogen (secondary N) is 1. The van der Waals surface area contributed by atoms with Crippen LogP contribution in [-0.2, 0) is 20.4 Å². The fourth-order valence-corrected chi connectivity index (χ4v) is 9.63. The Morgan fingerprint density at radius 3 is 2.30 bits per heavy atom. The monoisotopic (exact) mass is 744 g/mol. The van der Waals surface area contributed by atoms with Crippen LogP contribution in [0, 0.1) is 23.2 Å². The van der Waals surface area contributed by atoms with Gasteiger partial charge in [0.15, 0.2) is 5.54 Å². The summed E-state index contributed by atoms with van der Waals surface area (Å²) in [4.78, 5) is 38.1. The molecule has 4 heterocycles. The molecule has 6 rings (SSSR count). The number of pyridine rings is 1. The number of hydrogen-bond donors (Lipinski definition) is 1. The fourth-order valence-electron chi connectivity index (χ4n) is 8.05. The van der Waals surface area contributed by atoms with Gasteiger partial charge >= 0.3 is 6.03 Å². The van der Waals surface area contributed by atoms with Gasteiger partial charge in [-0.05, 0) is 120 Å². The number of likely N-dealkylation sites (tertiary alicyclic amines) is 2. The molecule has 53 heavy (non-hydrogen) atoms. The molecule has 2 fully saturated rings. The lowest BCUT2D eigenvalue weighted by atomic mass is 9.78. The molecule has 1 unspecified atom stereocenters. The highest BCUT2D eigenvalue weighted by Gasteiger charge is 2.59. The Hall–Kier alpha value is -4.87. The molecule has 0 spiro atoms. The van der Waals surface area contributed by atoms with Crippen LogP contribution in [-0.4, -0.2) is 88.2 Å². The maximum Gasteiger partial charge on any atom is 0.318 e. The van der Waals surface area contributed by atoms with Crippen LogP contribution in [0.25, 0.3) is 0 Å². The number of urea groups is 1. The van der Waals surface area contributed by atoms with Crippen molar-refractivity contribution >= 4 is 27.6 Å². The molecule has 0 aliphatic carbocycles. The number of methoxy groups -OCH3 is 1. The van der Waals surface area contributed by atoms with E-state index in [-0.39, 0.29) is 52.1 Å². The number of ether oxygens (including phenoxy) is 3. The summed E-state index contributed by atoms with van der Waals surface area (Å²) >= 11 is 0. The van der Waals surface area contributed by atoms with Crippen LogP contribution in [0.1, 0.15) is 69.6 Å². The van der Waals surface area contributed by atoms with Crippen molar-refractivity contribution in [1.82, 2.24) is 20.1 Å². The van der Waals surface area contributed by atoms with Gasteiger partial charge in [0, 0.05) is 30.9 Å². The van der Waals surface area contributed by atoms with Gasteiger partial charge in [-0.3, -0.25) is 4.79 Å². The number of sulfonamides is 1. The molecule has 14 heteroatoms. The number of piperidine rings is 2. The van der Waals surface area contributed by atoms with Crippen LogP contribution in [0.15, 0.2) is 59.6 Å². The Labute approximate surface area is 311 Å². The Kier molecular flexibility index (Phi) is 11.4. The third kappa shape index (κ3) is 7.12. The van der Waals surface area contributed by atoms with Crippen molar-refractivity contribution < 1.29 is 32.2 Å². The van der Waals surface area contributed by atoms with Gasteiger partial charge in [-0.15, -0.1) is 0 Å². The Morgan fingerprint density at radius 2 is 1.66 bits per heavy atom. The standard InChI is InChI=1S/C39H48N6O7S/c1-5-19-43-20-14-28(15-21-43)29-16-22-44(23-17-29)38(47)42-39(31-9-8-18-41-36(31)52-7-3)32-24-27(26-40)10-12-33(32)45(37(39)46)53(48,49)35-13-11-30(50-4)25-34(35)51-6-2/h8-13,18,24-25,28-29H,5-7,14-17,19-23H2,1-4H3,(H,42,47). The normalized spacial score (nSPS) is 19.8. The summed E-state index contributed by atoms with van der Waals surface area (Å²) in [6.45, 7) is 10.3. The number of nitrogens with zero attached hydrogens (tertiary/aromatic N) is 5. The maximum atomic E-state index is 15.3. The lowest BCUT2D eigenvalue weighted by molar-refractivity contribution is -0.121. The van der Waals surface area contributed by atoms with Gasteiger partial charge in [-0.25, -0.2) is 18.2 Å². The maximum absolute atomic E-state index is 15.3. The Bertz CT molecular complexity index is 1970. The van der Waals surface area contributed by atoms with E-state index in [0.717, 1.165) is 51.7 Å². The molecule has 1 atom stereocenters. The van der Waals surface area contributed by atoms with Gasteiger partial charge in [-0.2, -0.15) is 9.57 Å². The quantitative estimate of drug-likeness (QED) is 0.259. The largest absolute Gasteiger partial charge is 0.497 e. The number of fused-ring (bicyclic) bond motifs is 1. The van der Waals surface area contributed by atoms with Crippen molar-refractivity contribution in [2.75, 3.05) is 57.4 Å². The second kappa shape index (κ2) is 16.0. The molecule has 2 aromatic carbocycles. The van der Waals surface area contributed by atoms with Gasteiger partial charge in [0.05, 0.1) is 43.2 Å². The lowest BCUT2D eigenvalue weighted by Crippen LogP contribution is -2.58. The fraction of sp³-hybridized carbons (Fsp3) is 0.487. The summed E-state index contributed by atoms with van der Waals surface area (Å²) in [6, 6.07) is 13.3. The number of nitriles is 1. The van der Waals surface area contributed by atoms with E-state index in [2.05, 4.69) is 28.2 Å². The van der Waals surface area contributed by atoms with Crippen LogP contribution in [0.2, 0.25) is 0 Å². The van der Waals surface area contributed by atoms with E-state index in [0.29, 0.717) is 35.0 Å². The summed E-state index contributed by atoms with van der Waals surface area (Å²) in [5.74, 6) is 0.529. The number of anilines is 1. The summed E-state index contributed by atoms with van der Waals surface area (Å²) in [7, 11) is -3.25. The van der Waals surface area contributed by atoms with Crippen molar-refractivity contribution in [3.8, 4) is 23.4 Å². The van der Waals surface area contributed by atoms with E-state index in [9.17, 15) is 18.5 Å². The highest BCUT2D eigenvalue weighted by atomic mass is 32.2. The van der Waals surface area contributed by atoms with Gasteiger partial charge < -0.3 is 29.3 Å². The first-order valence-electron chi connectivity index (χ1n) is 18.5. The Balaban J connectivity index is 1.41. The average molecular weight is 745 g/mol. The minimum absolute atomic E-state index is 0.00771. The number of rotatable bonds is 12. The predicted octanol–water partition coefficient (Wildman–Crippen LogP) is 5.28. The molecule has 3 aliphatic heterocycles. The summed E-state index contributed by atoms with van der Waals surface area (Å²) in [5.41, 5.74) is -1.74. The van der Waals surface area contributed by atoms with Crippen LogP contribution in [0.4, 0.5) is 10.5 Å². The van der Waals surface area contributed by atoms with Gasteiger partial charge in [-0.1, -0.05) is 6.92 Å². The van der Waals surface area contributed by atoms with E-state index in [1.807, 2.05) is 0 Å². The second-order valence-electron chi connectivity index (χ2n) is 13.6. The third-order valence-electron chi connectivity index (χ3n) is 10.6. The highest BCUT2D eigenvalue weighted by molar-refractivity contribution is 7.93. The first-order chi connectivity index (χ1) is 25.6. The molecule has 1 N–H and O–H groups in total. The number of carbonyl (C=O) groups excluding carboxylic acids is 2. The molecular weight excluding hydrogens is 697 g/mol. The summed E-state index contributed by atoms with van der Waals surface area (Å²) < 4.78 is 47.2. The molecule has 13 nitrogen and oxygen atoms in total. The zero-order chi connectivity index (χ0) is 37.8. The van der Waals surface area contributed by atoms with Crippen LogP contribution < -0.4 is 23.8 Å². The van der Waals surface area contributed by atoms with E-state index >= 15 is 4.79 Å². The smallest absolute Gasteiger partial charge is 0.318 e. The molecule has 282 valence electrons. The molecule has 3 amide bonds. The molecule has 1 aromatic heterocycles. The summed E-state index contributed by atoms with van der Waals surface area (Å²) in [6.07, 6.45) is 6.60. The molecule has 3 aliphatic rings. The van der Waals surface area contributed by atoms with Gasteiger partial charge in [0.2, 0.25) is 5.88 Å². The highest BCUT2D eigenvalue weighted by Crippen LogP contribution is 2.50. The van der Waals surface area contributed by atoms with Crippen LogP contribution in [0.3, 0.4) is 0 Å². The van der Waals surface area contributed by atoms with Crippen molar-refractivity contribution in [3.63, 3.8) is 0 Å². The SMILES string of the molecule is CCCN1CCC(C2CCN(C(=O)NC3(c4cccnc4OCC)C(=O)N(S(=O)(=O)c4ccc(OC)cc4OCC)c4ccc(C#N)cc43)CC2)CC1. The topological polar surface area (TPSA) is 154 Å². The van der Waals surface area contributed by atoms with Crippen LogP contribution >= 0.6 is 0 Å². The van der Waals surface area contributed by atoms with Crippen molar-refractivity contribution in [3.05, 3.63) is 71.4 Å². The molecule has 0 saturated carbocycles. The second-order valence-corrected chi connectivity index (χ2v) is 15.4. The average Bonchev–Trinajstić information content (AvgIpc) is 3.42. The summed E-state index contributed by atoms with van der Waals surface area (Å²) in [5, 5.41) is 13.0. The number of benzene rings is 2. The molecule has 2 saturated heterocycles. The van der Waals surface area contributed by atoms with Crippen molar-refractivity contribution in [2.24, 2.45) is 11.8 Å². The number of hydrogen-bond acceptors (Lipinski definition) is 10. The van der Waals surface area contributed by atoms with Crippen molar-refractivity contribution in [1.29, 1.82) is 5.26 Å². The minimum Gasteiger partial charge on any atom is -0.497 e. The molecule has 3 aromatic rings. The first kappa shape index (κ1) is 37.9. The van der Waals surface area contributed by atoms with E-state index in [1.54, 1.807) is 30.9 Å². The van der Waals surface area contributed by atoms with Crippen molar-refractivity contribution in [2.45, 2.75) is 63.3 Å². The number of carbonyl (C=O) groups is 2. The Morgan fingerprint density at radius 1 is 0.962 bits per heavy atom. The number of amides is 3. The van der Waals surface area contributed by atoms with E-state index < -0.39 is 27.5 Å². The minimum atomic E-state index is -4.70. The first-order valence-corrected chi connectivity index (χ1v) is 19.9. The predicted molar refractivity (Wildman–Crippen MR) is 198 cm³/mol. The molecule has 0 radical (unpaired) electrons. The van der Waals surface area contributed by atoms with Gasteiger partial charge in [0.25, 0.3) is 15.9 Å². The van der Waals surface area contributed by atoms with Crippen LogP contribution in [0.5, 0.6) is 17.4 Å². The zero-order valence-electron chi connectivity index (χ0n) is 30.8. The van der Waals surface area contributed by atoms with Gasteiger partial charge in [0.1, 0.15) is 16.4 Å². The number of aromatic nitrogens is 1. The third-order valence-corrected chi connectivity index (χ3v) is 12.4. The van der Waals surface area contributed by atoms with E-state index in [4.69, 9.17) is 14.2 Å².